The second kappa shape index (κ2) is 9.08. The maximum Gasteiger partial charge on any atom is 0.331 e. The fraction of sp³-hybridized carbons (Fsp3) is 0.450. The Labute approximate surface area is 158 Å². The van der Waals surface area contributed by atoms with Gasteiger partial charge in [-0.15, -0.1) is 0 Å². The number of hydrogen-bond acceptors (Lipinski definition) is 6. The molecular formula is C20H24N2O5. The summed E-state index contributed by atoms with van der Waals surface area (Å²) in [5.74, 6) is 0.199. The van der Waals surface area contributed by atoms with Crippen LogP contribution in [0.2, 0.25) is 0 Å². The van der Waals surface area contributed by atoms with Crippen molar-refractivity contribution in [1.29, 1.82) is 5.26 Å². The van der Waals surface area contributed by atoms with E-state index in [1.165, 1.54) is 13.2 Å². The van der Waals surface area contributed by atoms with Crippen molar-refractivity contribution in [2.24, 2.45) is 5.92 Å². The van der Waals surface area contributed by atoms with Crippen LogP contribution in [0.3, 0.4) is 0 Å². The minimum atomic E-state index is -0.905. The zero-order valence-corrected chi connectivity index (χ0v) is 15.8. The number of hydrogen-bond donors (Lipinski definition) is 1. The van der Waals surface area contributed by atoms with Crippen LogP contribution < -0.4 is 14.8 Å². The molecule has 0 aliphatic heterocycles. The molecule has 1 aliphatic carbocycles. The zero-order valence-electron chi connectivity index (χ0n) is 15.8. The number of benzene rings is 1. The molecule has 144 valence electrons. The van der Waals surface area contributed by atoms with E-state index >= 15 is 0 Å². The minimum absolute atomic E-state index is 0.164. The topological polar surface area (TPSA) is 97.6 Å². The Morgan fingerprint density at radius 1 is 1.37 bits per heavy atom. The molecule has 2 rings (SSSR count). The average molecular weight is 372 g/mol. The van der Waals surface area contributed by atoms with Gasteiger partial charge in [0, 0.05) is 6.08 Å². The van der Waals surface area contributed by atoms with Gasteiger partial charge >= 0.3 is 5.97 Å². The van der Waals surface area contributed by atoms with Crippen molar-refractivity contribution in [2.75, 3.05) is 20.3 Å². The first-order valence-electron chi connectivity index (χ1n) is 8.79. The maximum atomic E-state index is 11.9. The summed E-state index contributed by atoms with van der Waals surface area (Å²) >= 11 is 0. The summed E-state index contributed by atoms with van der Waals surface area (Å²) in [5.41, 5.74) is -0.180. The summed E-state index contributed by atoms with van der Waals surface area (Å²) in [5, 5.41) is 11.9. The summed E-state index contributed by atoms with van der Waals surface area (Å²) in [6.45, 7) is 3.65. The molecule has 1 amide bonds. The van der Waals surface area contributed by atoms with E-state index in [1.807, 2.05) is 6.92 Å². The van der Waals surface area contributed by atoms with E-state index in [1.54, 1.807) is 31.2 Å². The van der Waals surface area contributed by atoms with Gasteiger partial charge in [0.2, 0.25) is 0 Å². The van der Waals surface area contributed by atoms with Gasteiger partial charge in [0.05, 0.1) is 19.8 Å². The number of methoxy groups -OCH3 is 1. The summed E-state index contributed by atoms with van der Waals surface area (Å²) in [4.78, 5) is 23.7. The second-order valence-electron chi connectivity index (χ2n) is 6.42. The van der Waals surface area contributed by atoms with E-state index in [0.29, 0.717) is 18.1 Å². The standard InChI is InChI=1S/C20H24N2O5/c1-4-26-16-9-5-14(11-17(16)25-3)6-10-19(24)27-12-18(23)22-20(2,13-21)15-7-8-15/h5-6,9-11,15H,4,7-8,12H2,1-3H3,(H,22,23)/b10-6+/t20-/m1/s1. The van der Waals surface area contributed by atoms with Crippen molar-refractivity contribution in [3.63, 3.8) is 0 Å². The Hall–Kier alpha value is -3.01. The maximum absolute atomic E-state index is 11.9. The number of esters is 1. The molecule has 0 radical (unpaired) electrons. The smallest absolute Gasteiger partial charge is 0.331 e. The molecule has 1 aromatic rings. The Kier molecular flexibility index (Phi) is 6.83. The van der Waals surface area contributed by atoms with Crippen molar-refractivity contribution in [3.05, 3.63) is 29.8 Å². The number of carbonyl (C=O) groups is 2. The highest BCUT2D eigenvalue weighted by Crippen LogP contribution is 2.39. The molecule has 0 bridgehead atoms. The summed E-state index contributed by atoms with van der Waals surface area (Å²) in [7, 11) is 1.54. The number of nitrogens with zero attached hydrogens (tertiary/aromatic N) is 1. The van der Waals surface area contributed by atoms with Crippen LogP contribution in [0, 0.1) is 17.2 Å². The first-order valence-corrected chi connectivity index (χ1v) is 8.79. The molecule has 0 unspecified atom stereocenters. The van der Waals surface area contributed by atoms with Crippen LogP contribution in [0.15, 0.2) is 24.3 Å². The van der Waals surface area contributed by atoms with E-state index < -0.39 is 24.0 Å². The van der Waals surface area contributed by atoms with Crippen molar-refractivity contribution < 1.29 is 23.8 Å². The van der Waals surface area contributed by atoms with E-state index in [9.17, 15) is 14.9 Å². The number of nitriles is 1. The quantitative estimate of drug-likeness (QED) is 0.528. The first kappa shape index (κ1) is 20.3. The molecule has 1 atom stereocenters. The van der Waals surface area contributed by atoms with Gasteiger partial charge in [-0.05, 0) is 56.4 Å². The minimum Gasteiger partial charge on any atom is -0.493 e. The molecule has 0 aromatic heterocycles. The second-order valence-corrected chi connectivity index (χ2v) is 6.42. The molecule has 0 heterocycles. The molecule has 7 heteroatoms. The van der Waals surface area contributed by atoms with Crippen LogP contribution in [0.25, 0.3) is 6.08 Å². The van der Waals surface area contributed by atoms with Crippen LogP contribution >= 0.6 is 0 Å². The molecule has 7 nitrogen and oxygen atoms in total. The monoisotopic (exact) mass is 372 g/mol. The van der Waals surface area contributed by atoms with E-state index in [0.717, 1.165) is 18.4 Å². The largest absolute Gasteiger partial charge is 0.493 e. The van der Waals surface area contributed by atoms with Crippen molar-refractivity contribution in [1.82, 2.24) is 5.32 Å². The van der Waals surface area contributed by atoms with Gasteiger partial charge in [-0.25, -0.2) is 4.79 Å². The molecular weight excluding hydrogens is 348 g/mol. The van der Waals surface area contributed by atoms with Gasteiger partial charge in [0.1, 0.15) is 5.54 Å². The molecule has 1 aliphatic rings. The predicted molar refractivity (Wildman–Crippen MR) is 99.0 cm³/mol. The number of carbonyl (C=O) groups excluding carboxylic acids is 2. The van der Waals surface area contributed by atoms with Crippen molar-refractivity contribution >= 4 is 18.0 Å². The van der Waals surface area contributed by atoms with Crippen LogP contribution in [0.5, 0.6) is 11.5 Å². The molecule has 1 fully saturated rings. The van der Waals surface area contributed by atoms with E-state index in [-0.39, 0.29) is 5.92 Å². The third kappa shape index (κ3) is 5.74. The Morgan fingerprint density at radius 3 is 2.70 bits per heavy atom. The van der Waals surface area contributed by atoms with Crippen molar-refractivity contribution in [2.45, 2.75) is 32.2 Å². The number of amides is 1. The Morgan fingerprint density at radius 2 is 2.11 bits per heavy atom. The molecule has 1 saturated carbocycles. The molecule has 0 saturated heterocycles. The highest BCUT2D eigenvalue weighted by Gasteiger charge is 2.43. The van der Waals surface area contributed by atoms with Crippen molar-refractivity contribution in [3.8, 4) is 17.6 Å². The van der Waals surface area contributed by atoms with E-state index in [4.69, 9.17) is 14.2 Å². The van der Waals surface area contributed by atoms with Crippen LogP contribution in [-0.4, -0.2) is 37.7 Å². The molecule has 27 heavy (non-hydrogen) atoms. The summed E-state index contributed by atoms with van der Waals surface area (Å²) in [6, 6.07) is 7.38. The predicted octanol–water partition coefficient (Wildman–Crippen LogP) is 2.46. The highest BCUT2D eigenvalue weighted by molar-refractivity contribution is 5.89. The molecule has 1 N–H and O–H groups in total. The van der Waals surface area contributed by atoms with Gasteiger partial charge in [0.15, 0.2) is 18.1 Å². The lowest BCUT2D eigenvalue weighted by atomic mass is 9.98. The molecule has 0 spiro atoms. The van der Waals surface area contributed by atoms with E-state index in [2.05, 4.69) is 11.4 Å². The van der Waals surface area contributed by atoms with Gasteiger partial charge in [-0.2, -0.15) is 5.26 Å². The third-order valence-corrected chi connectivity index (χ3v) is 4.27. The fourth-order valence-electron chi connectivity index (χ4n) is 2.62. The lowest BCUT2D eigenvalue weighted by molar-refractivity contribution is -0.144. The van der Waals surface area contributed by atoms with Gasteiger partial charge in [0.25, 0.3) is 5.91 Å². The van der Waals surface area contributed by atoms with Gasteiger partial charge in [-0.3, -0.25) is 4.79 Å². The normalized spacial score (nSPS) is 15.5. The number of ether oxygens (including phenoxy) is 3. The number of rotatable bonds is 9. The van der Waals surface area contributed by atoms with Crippen LogP contribution in [0.4, 0.5) is 0 Å². The first-order chi connectivity index (χ1) is 12.9. The van der Waals surface area contributed by atoms with Gasteiger partial charge in [-0.1, -0.05) is 6.07 Å². The Bertz CT molecular complexity index is 764. The summed E-state index contributed by atoms with van der Waals surface area (Å²) in [6.07, 6.45) is 4.62. The Balaban J connectivity index is 1.86. The summed E-state index contributed by atoms with van der Waals surface area (Å²) < 4.78 is 15.6. The fourth-order valence-corrected chi connectivity index (χ4v) is 2.62. The van der Waals surface area contributed by atoms with Gasteiger partial charge < -0.3 is 19.5 Å². The lowest BCUT2D eigenvalue weighted by Crippen LogP contribution is -2.48. The van der Waals surface area contributed by atoms with Crippen LogP contribution in [-0.2, 0) is 14.3 Å². The third-order valence-electron chi connectivity index (χ3n) is 4.27. The number of nitrogens with one attached hydrogen (secondary N) is 1. The van der Waals surface area contributed by atoms with Crippen LogP contribution in [0.1, 0.15) is 32.3 Å². The SMILES string of the molecule is CCOc1ccc(/C=C/C(=O)OCC(=O)N[C@](C)(C#N)C2CC2)cc1OC. The average Bonchev–Trinajstić information content (AvgIpc) is 3.51. The molecule has 1 aromatic carbocycles. The lowest BCUT2D eigenvalue weighted by Gasteiger charge is -2.22. The zero-order chi connectivity index (χ0) is 19.9. The highest BCUT2D eigenvalue weighted by atomic mass is 16.5.